The van der Waals surface area contributed by atoms with Crippen LogP contribution in [0.15, 0.2) is 12.1 Å². The molecule has 152 valence electrons. The predicted octanol–water partition coefficient (Wildman–Crippen LogP) is 1.96. The molecular weight excluding hydrogens is 365 g/mol. The number of piperidine rings is 1. The lowest BCUT2D eigenvalue weighted by atomic mass is 9.81. The first-order valence-corrected chi connectivity index (χ1v) is 8.50. The van der Waals surface area contributed by atoms with Crippen molar-refractivity contribution in [3.63, 3.8) is 0 Å². The van der Waals surface area contributed by atoms with Crippen LogP contribution in [0.1, 0.15) is 45.1 Å². The van der Waals surface area contributed by atoms with Crippen molar-refractivity contribution in [1.29, 1.82) is 0 Å². The Balaban J connectivity index is 0.000000836. The lowest BCUT2D eigenvalue weighted by Crippen LogP contribution is -2.55. The van der Waals surface area contributed by atoms with Gasteiger partial charge in [0, 0.05) is 31.2 Å². The molecule has 1 aromatic carbocycles. The van der Waals surface area contributed by atoms with E-state index in [1.54, 1.807) is 13.8 Å². The summed E-state index contributed by atoms with van der Waals surface area (Å²) in [5, 5.41) is 7.88. The van der Waals surface area contributed by atoms with E-state index in [1.807, 2.05) is 6.92 Å². The van der Waals surface area contributed by atoms with Crippen LogP contribution in [0.2, 0.25) is 0 Å². The number of amides is 1. The molecule has 1 fully saturated rings. The third kappa shape index (κ3) is 6.78. The lowest BCUT2D eigenvalue weighted by molar-refractivity contribution is -0.191. The third-order valence-corrected chi connectivity index (χ3v) is 4.17. The molecule has 0 unspecified atom stereocenters. The normalized spacial score (nSPS) is 21.4. The van der Waals surface area contributed by atoms with Gasteiger partial charge in [-0.3, -0.25) is 4.79 Å². The van der Waals surface area contributed by atoms with E-state index >= 15 is 0 Å². The molecule has 0 aromatic heterocycles. The average Bonchev–Trinajstić information content (AvgIpc) is 2.63. The number of nitrogens with two attached hydrogens (primary N) is 1. The topological polar surface area (TPSA) is 101 Å². The van der Waals surface area contributed by atoms with Gasteiger partial charge < -0.3 is 15.7 Å². The molecule has 0 radical (unpaired) electrons. The summed E-state index contributed by atoms with van der Waals surface area (Å²) in [7, 11) is 0. The zero-order valence-electron chi connectivity index (χ0n) is 15.5. The number of aliphatic hydroxyl groups is 1. The van der Waals surface area contributed by atoms with Gasteiger partial charge in [-0.1, -0.05) is 6.92 Å². The number of halogens is 3. The van der Waals surface area contributed by atoms with E-state index < -0.39 is 29.4 Å². The molecule has 1 heterocycles. The maximum atomic E-state index is 13.9. The van der Waals surface area contributed by atoms with Gasteiger partial charge in [-0.2, -0.15) is 9.59 Å². The molecule has 27 heavy (non-hydrogen) atoms. The number of aliphatic hydroxyl groups excluding tert-OH is 1. The number of carbonyl (C=O) groups is 1. The van der Waals surface area contributed by atoms with Gasteiger partial charge >= 0.3 is 6.15 Å². The molecule has 1 saturated heterocycles. The van der Waals surface area contributed by atoms with Crippen LogP contribution < -0.4 is 5.73 Å². The number of likely N-dealkylation sites (tertiary alicyclic amines) is 1. The van der Waals surface area contributed by atoms with Crippen LogP contribution in [0.5, 0.6) is 0 Å². The number of carbonyl (C=O) groups excluding carboxylic acids is 3. The summed E-state index contributed by atoms with van der Waals surface area (Å²) in [5.74, 6) is -3.86. The minimum absolute atomic E-state index is 0.0589. The van der Waals surface area contributed by atoms with Crippen LogP contribution >= 0.6 is 0 Å². The number of hydrogen-bond donors (Lipinski definition) is 2. The van der Waals surface area contributed by atoms with Crippen molar-refractivity contribution in [2.75, 3.05) is 13.2 Å². The molecule has 9 heteroatoms. The second kappa shape index (κ2) is 12.2. The van der Waals surface area contributed by atoms with E-state index in [9.17, 15) is 18.0 Å². The molecule has 6 nitrogen and oxygen atoms in total. The first kappa shape index (κ1) is 24.8. The fourth-order valence-electron chi connectivity index (χ4n) is 2.88. The van der Waals surface area contributed by atoms with Gasteiger partial charge in [0.25, 0.3) is 0 Å². The molecule has 1 aliphatic rings. The van der Waals surface area contributed by atoms with Crippen LogP contribution in [-0.4, -0.2) is 47.3 Å². The molecular formula is C18H25F3N2O4. The van der Waals surface area contributed by atoms with Gasteiger partial charge in [-0.05, 0) is 38.3 Å². The maximum absolute atomic E-state index is 13.9. The maximum Gasteiger partial charge on any atom is 0.373 e. The van der Waals surface area contributed by atoms with Gasteiger partial charge in [-0.25, -0.2) is 13.2 Å². The summed E-state index contributed by atoms with van der Waals surface area (Å²) in [6.45, 7) is 6.19. The first-order valence-electron chi connectivity index (χ1n) is 8.50. The molecule has 1 aliphatic heterocycles. The van der Waals surface area contributed by atoms with Crippen molar-refractivity contribution in [1.82, 2.24) is 4.90 Å². The van der Waals surface area contributed by atoms with Crippen molar-refractivity contribution in [2.45, 2.75) is 51.6 Å². The quantitative estimate of drug-likeness (QED) is 0.769. The standard InChI is InChI=1S/C14H17F3N2O.C3H8O.CO2/c1-3-19-7(2)9(6-12(18)14(19)20)10-4-8(15)5-11(16)13(10)17;1-2-3-4;2-1-3/h4-5,7,9,12H,3,6,18H2,1-2H3;4H,2-3H2,1H3;/t7-,9-,12+;;/m1../s1. The number of hydrogen-bond acceptors (Lipinski definition) is 5. The van der Waals surface area contributed by atoms with Gasteiger partial charge in [0.15, 0.2) is 11.6 Å². The summed E-state index contributed by atoms with van der Waals surface area (Å²) in [6, 6.07) is 0.357. The number of nitrogens with zero attached hydrogens (tertiary/aromatic N) is 1. The van der Waals surface area contributed by atoms with Crippen LogP contribution in [0.4, 0.5) is 13.2 Å². The number of benzene rings is 1. The van der Waals surface area contributed by atoms with E-state index in [2.05, 4.69) is 0 Å². The van der Waals surface area contributed by atoms with Crippen molar-refractivity contribution >= 4 is 12.1 Å². The summed E-state index contributed by atoms with van der Waals surface area (Å²) >= 11 is 0. The molecule has 1 amide bonds. The van der Waals surface area contributed by atoms with E-state index in [-0.39, 0.29) is 30.1 Å². The SMILES string of the molecule is CCCO.CCN1C(=O)[C@@H](N)C[C@@H](c2cc(F)cc(F)c2F)[C@H]1C.O=C=O. The largest absolute Gasteiger partial charge is 0.396 e. The fraction of sp³-hybridized carbons (Fsp3) is 0.556. The van der Waals surface area contributed by atoms with Crippen LogP contribution in [-0.2, 0) is 14.4 Å². The second-order valence-corrected chi connectivity index (χ2v) is 5.91. The highest BCUT2D eigenvalue weighted by molar-refractivity contribution is 5.83. The Morgan fingerprint density at radius 3 is 2.22 bits per heavy atom. The van der Waals surface area contributed by atoms with E-state index in [1.165, 1.54) is 4.90 Å². The average molecular weight is 390 g/mol. The molecule has 0 aliphatic carbocycles. The molecule has 0 spiro atoms. The predicted molar refractivity (Wildman–Crippen MR) is 90.9 cm³/mol. The minimum atomic E-state index is -1.22. The Hall–Kier alpha value is -2.22. The highest BCUT2D eigenvalue weighted by Gasteiger charge is 2.39. The smallest absolute Gasteiger partial charge is 0.373 e. The van der Waals surface area contributed by atoms with Gasteiger partial charge in [0.2, 0.25) is 5.91 Å². The first-order chi connectivity index (χ1) is 12.7. The number of likely N-dealkylation sites (N-methyl/N-ethyl adjacent to an activating group) is 1. The van der Waals surface area contributed by atoms with E-state index in [4.69, 9.17) is 20.4 Å². The summed E-state index contributed by atoms with van der Waals surface area (Å²) in [5.41, 5.74) is 5.70. The van der Waals surface area contributed by atoms with Gasteiger partial charge in [0.1, 0.15) is 5.82 Å². The van der Waals surface area contributed by atoms with Crippen molar-refractivity contribution in [3.05, 3.63) is 35.1 Å². The summed E-state index contributed by atoms with van der Waals surface area (Å²) in [6.07, 6.45) is 1.30. The molecule has 2 rings (SSSR count). The van der Waals surface area contributed by atoms with Crippen molar-refractivity contribution < 1.29 is 32.7 Å². The fourth-order valence-corrected chi connectivity index (χ4v) is 2.88. The Kier molecular flexibility index (Phi) is 11.2. The summed E-state index contributed by atoms with van der Waals surface area (Å²) in [4.78, 5) is 29.7. The molecule has 0 bridgehead atoms. The van der Waals surface area contributed by atoms with Crippen molar-refractivity contribution in [3.8, 4) is 0 Å². The molecule has 0 saturated carbocycles. The molecule has 3 N–H and O–H groups in total. The summed E-state index contributed by atoms with van der Waals surface area (Å²) < 4.78 is 40.6. The number of rotatable bonds is 3. The van der Waals surface area contributed by atoms with Crippen LogP contribution in [0, 0.1) is 17.5 Å². The molecule has 1 aromatic rings. The van der Waals surface area contributed by atoms with E-state index in [0.717, 1.165) is 12.5 Å². The zero-order valence-corrected chi connectivity index (χ0v) is 15.5. The van der Waals surface area contributed by atoms with Gasteiger partial charge in [-0.15, -0.1) is 0 Å². The monoisotopic (exact) mass is 390 g/mol. The molecule has 3 atom stereocenters. The van der Waals surface area contributed by atoms with Crippen LogP contribution in [0.25, 0.3) is 0 Å². The Morgan fingerprint density at radius 2 is 1.78 bits per heavy atom. The van der Waals surface area contributed by atoms with Gasteiger partial charge in [0.05, 0.1) is 6.04 Å². The Bertz CT molecular complexity index is 650. The Morgan fingerprint density at radius 1 is 1.26 bits per heavy atom. The second-order valence-electron chi connectivity index (χ2n) is 5.91. The van der Waals surface area contributed by atoms with Crippen LogP contribution in [0.3, 0.4) is 0 Å². The minimum Gasteiger partial charge on any atom is -0.396 e. The lowest BCUT2D eigenvalue weighted by Gasteiger charge is -2.41. The third-order valence-electron chi connectivity index (χ3n) is 4.17. The highest BCUT2D eigenvalue weighted by Crippen LogP contribution is 2.35. The zero-order chi connectivity index (χ0) is 21.1. The van der Waals surface area contributed by atoms with Crippen molar-refractivity contribution in [2.24, 2.45) is 5.73 Å². The Labute approximate surface area is 156 Å². The highest BCUT2D eigenvalue weighted by atomic mass is 19.2. The van der Waals surface area contributed by atoms with E-state index in [0.29, 0.717) is 19.2 Å².